The molecule has 3 rings (SSSR count). The number of nitrogens with zero attached hydrogens (tertiary/aromatic N) is 4. The highest BCUT2D eigenvalue weighted by Gasteiger charge is 2.08. The summed E-state index contributed by atoms with van der Waals surface area (Å²) in [6, 6.07) is 6.83. The Labute approximate surface area is 121 Å². The predicted octanol–water partition coefficient (Wildman–Crippen LogP) is 2.61. The number of pyridine rings is 1. The molecule has 0 aliphatic heterocycles. The maximum absolute atomic E-state index is 12.9. The van der Waals surface area contributed by atoms with E-state index in [9.17, 15) is 4.39 Å². The van der Waals surface area contributed by atoms with Gasteiger partial charge in [-0.1, -0.05) is 0 Å². The molecule has 0 atom stereocenters. The van der Waals surface area contributed by atoms with E-state index in [2.05, 4.69) is 25.1 Å². The molecule has 0 amide bonds. The zero-order chi connectivity index (χ0) is 14.8. The Balaban J connectivity index is 1.94. The van der Waals surface area contributed by atoms with Crippen LogP contribution in [0.15, 0.2) is 30.5 Å². The van der Waals surface area contributed by atoms with Crippen molar-refractivity contribution >= 4 is 0 Å². The van der Waals surface area contributed by atoms with E-state index in [-0.39, 0.29) is 0 Å². The van der Waals surface area contributed by atoms with Crippen LogP contribution in [0.25, 0.3) is 11.4 Å². The SMILES string of the molecule is Cc1cc(Cc2cc(C)[nH]n2)nc(-c2ccc(F)nc2)n1. The summed E-state index contributed by atoms with van der Waals surface area (Å²) in [5, 5.41) is 7.12. The van der Waals surface area contributed by atoms with Gasteiger partial charge in [0.1, 0.15) is 0 Å². The van der Waals surface area contributed by atoms with Crippen LogP contribution >= 0.6 is 0 Å². The molecule has 3 aromatic heterocycles. The second-order valence-corrected chi connectivity index (χ2v) is 4.91. The van der Waals surface area contributed by atoms with E-state index in [1.807, 2.05) is 26.0 Å². The number of aromatic nitrogens is 5. The summed E-state index contributed by atoms with van der Waals surface area (Å²) in [4.78, 5) is 12.5. The molecule has 0 bridgehead atoms. The monoisotopic (exact) mass is 283 g/mol. The molecule has 0 saturated heterocycles. The molecule has 6 heteroatoms. The number of aryl methyl sites for hydroxylation is 2. The van der Waals surface area contributed by atoms with E-state index in [4.69, 9.17) is 0 Å². The minimum Gasteiger partial charge on any atom is -0.283 e. The topological polar surface area (TPSA) is 67.3 Å². The van der Waals surface area contributed by atoms with Gasteiger partial charge in [-0.3, -0.25) is 5.10 Å². The van der Waals surface area contributed by atoms with Gasteiger partial charge in [0.2, 0.25) is 5.95 Å². The van der Waals surface area contributed by atoms with E-state index in [1.54, 1.807) is 6.07 Å². The fourth-order valence-electron chi connectivity index (χ4n) is 2.11. The third-order valence-electron chi connectivity index (χ3n) is 3.01. The Morgan fingerprint density at radius 1 is 1.10 bits per heavy atom. The molecular weight excluding hydrogens is 269 g/mol. The van der Waals surface area contributed by atoms with Crippen LogP contribution in [0.3, 0.4) is 0 Å². The standard InChI is InChI=1S/C15H14FN5/c1-9-5-12(7-13-6-10(2)20-21-13)19-15(18-9)11-3-4-14(16)17-8-11/h3-6,8H,7H2,1-2H3,(H,20,21). The molecule has 0 radical (unpaired) electrons. The van der Waals surface area contributed by atoms with Crippen LogP contribution < -0.4 is 0 Å². The van der Waals surface area contributed by atoms with Crippen molar-refractivity contribution in [2.75, 3.05) is 0 Å². The molecule has 3 aromatic rings. The molecule has 0 aromatic carbocycles. The summed E-state index contributed by atoms with van der Waals surface area (Å²) < 4.78 is 12.9. The van der Waals surface area contributed by atoms with Gasteiger partial charge in [0.15, 0.2) is 5.82 Å². The van der Waals surface area contributed by atoms with Crippen molar-refractivity contribution in [2.45, 2.75) is 20.3 Å². The van der Waals surface area contributed by atoms with Crippen LogP contribution in [-0.4, -0.2) is 25.1 Å². The maximum atomic E-state index is 12.9. The summed E-state index contributed by atoms with van der Waals surface area (Å²) in [7, 11) is 0. The number of rotatable bonds is 3. The molecule has 21 heavy (non-hydrogen) atoms. The van der Waals surface area contributed by atoms with Gasteiger partial charge in [-0.05, 0) is 38.1 Å². The maximum Gasteiger partial charge on any atom is 0.212 e. The average Bonchev–Trinajstić information content (AvgIpc) is 2.84. The van der Waals surface area contributed by atoms with E-state index < -0.39 is 5.95 Å². The summed E-state index contributed by atoms with van der Waals surface area (Å²) in [6.45, 7) is 3.86. The zero-order valence-electron chi connectivity index (χ0n) is 11.8. The largest absolute Gasteiger partial charge is 0.283 e. The number of hydrogen-bond donors (Lipinski definition) is 1. The van der Waals surface area contributed by atoms with Gasteiger partial charge in [0, 0.05) is 29.6 Å². The molecule has 0 aliphatic rings. The van der Waals surface area contributed by atoms with Crippen LogP contribution in [0, 0.1) is 19.8 Å². The Kier molecular flexibility index (Phi) is 3.43. The van der Waals surface area contributed by atoms with Crippen molar-refractivity contribution < 1.29 is 4.39 Å². The minimum absolute atomic E-state index is 0.515. The molecule has 0 aliphatic carbocycles. The fourth-order valence-corrected chi connectivity index (χ4v) is 2.11. The lowest BCUT2D eigenvalue weighted by Crippen LogP contribution is -2.00. The van der Waals surface area contributed by atoms with E-state index in [0.717, 1.165) is 22.8 Å². The second kappa shape index (κ2) is 5.40. The molecule has 0 unspecified atom stereocenters. The highest BCUT2D eigenvalue weighted by atomic mass is 19.1. The first-order valence-corrected chi connectivity index (χ1v) is 6.57. The molecule has 106 valence electrons. The predicted molar refractivity (Wildman–Crippen MR) is 76.1 cm³/mol. The van der Waals surface area contributed by atoms with Crippen molar-refractivity contribution in [2.24, 2.45) is 0 Å². The number of halogens is 1. The van der Waals surface area contributed by atoms with Crippen molar-refractivity contribution in [3.63, 3.8) is 0 Å². The lowest BCUT2D eigenvalue weighted by atomic mass is 10.2. The fraction of sp³-hybridized carbons (Fsp3) is 0.200. The summed E-state index contributed by atoms with van der Waals surface area (Å²) in [6.07, 6.45) is 2.06. The molecular formula is C15H14FN5. The number of H-pyrrole nitrogens is 1. The number of hydrogen-bond acceptors (Lipinski definition) is 4. The Morgan fingerprint density at radius 2 is 1.95 bits per heavy atom. The summed E-state index contributed by atoms with van der Waals surface area (Å²) >= 11 is 0. The summed E-state index contributed by atoms with van der Waals surface area (Å²) in [5.74, 6) is 0.0309. The highest BCUT2D eigenvalue weighted by molar-refractivity contribution is 5.53. The van der Waals surface area contributed by atoms with Crippen molar-refractivity contribution in [3.8, 4) is 11.4 Å². The lowest BCUT2D eigenvalue weighted by Gasteiger charge is -2.05. The van der Waals surface area contributed by atoms with Gasteiger partial charge in [-0.25, -0.2) is 15.0 Å². The first kappa shape index (κ1) is 13.4. The highest BCUT2D eigenvalue weighted by Crippen LogP contribution is 2.16. The minimum atomic E-state index is -0.515. The molecule has 3 heterocycles. The van der Waals surface area contributed by atoms with Crippen molar-refractivity contribution in [3.05, 3.63) is 59.2 Å². The Bertz CT molecular complexity index is 764. The van der Waals surface area contributed by atoms with Gasteiger partial charge in [-0.2, -0.15) is 9.49 Å². The van der Waals surface area contributed by atoms with Crippen molar-refractivity contribution in [1.82, 2.24) is 25.1 Å². The lowest BCUT2D eigenvalue weighted by molar-refractivity contribution is 0.584. The smallest absolute Gasteiger partial charge is 0.212 e. The van der Waals surface area contributed by atoms with Crippen molar-refractivity contribution in [1.29, 1.82) is 0 Å². The number of aromatic amines is 1. The normalized spacial score (nSPS) is 10.8. The van der Waals surface area contributed by atoms with Gasteiger partial charge >= 0.3 is 0 Å². The first-order valence-electron chi connectivity index (χ1n) is 6.57. The Morgan fingerprint density at radius 3 is 2.62 bits per heavy atom. The third kappa shape index (κ3) is 3.10. The quantitative estimate of drug-likeness (QED) is 0.750. The number of nitrogens with one attached hydrogen (secondary N) is 1. The van der Waals surface area contributed by atoms with Gasteiger partial charge in [0.25, 0.3) is 0 Å². The van der Waals surface area contributed by atoms with Crippen LogP contribution in [-0.2, 0) is 6.42 Å². The molecule has 0 saturated carbocycles. The van der Waals surface area contributed by atoms with Crippen LogP contribution in [0.2, 0.25) is 0 Å². The average molecular weight is 283 g/mol. The molecule has 5 nitrogen and oxygen atoms in total. The van der Waals surface area contributed by atoms with Gasteiger partial charge in [-0.15, -0.1) is 0 Å². The van der Waals surface area contributed by atoms with Gasteiger partial charge < -0.3 is 0 Å². The molecule has 1 N–H and O–H groups in total. The third-order valence-corrected chi connectivity index (χ3v) is 3.01. The summed E-state index contributed by atoms with van der Waals surface area (Å²) in [5.41, 5.74) is 4.35. The van der Waals surface area contributed by atoms with Gasteiger partial charge in [0.05, 0.1) is 11.4 Å². The zero-order valence-corrected chi connectivity index (χ0v) is 11.8. The van der Waals surface area contributed by atoms with E-state index in [0.29, 0.717) is 17.8 Å². The Hall–Kier alpha value is -2.63. The molecule has 0 fully saturated rings. The van der Waals surface area contributed by atoms with Crippen LogP contribution in [0.5, 0.6) is 0 Å². The second-order valence-electron chi connectivity index (χ2n) is 4.91. The van der Waals surface area contributed by atoms with Crippen LogP contribution in [0.1, 0.15) is 22.8 Å². The van der Waals surface area contributed by atoms with E-state index in [1.165, 1.54) is 12.3 Å². The first-order chi connectivity index (χ1) is 10.1. The van der Waals surface area contributed by atoms with Crippen LogP contribution in [0.4, 0.5) is 4.39 Å². The molecule has 0 spiro atoms. The van der Waals surface area contributed by atoms with E-state index >= 15 is 0 Å².